The van der Waals surface area contributed by atoms with E-state index in [4.69, 9.17) is 4.74 Å². The van der Waals surface area contributed by atoms with Gasteiger partial charge in [-0.05, 0) is 34.6 Å². The van der Waals surface area contributed by atoms with Crippen LogP contribution in [0.5, 0.6) is 0 Å². The Labute approximate surface area is 162 Å². The van der Waals surface area contributed by atoms with Crippen LogP contribution in [0.2, 0.25) is 0 Å². The number of rotatable bonds is 3. The van der Waals surface area contributed by atoms with Crippen LogP contribution in [-0.4, -0.2) is 52.5 Å². The zero-order valence-corrected chi connectivity index (χ0v) is 15.2. The highest BCUT2D eigenvalue weighted by molar-refractivity contribution is 5.79. The fourth-order valence-electron chi connectivity index (χ4n) is 5.30. The Kier molecular flexibility index (Phi) is 3.91. The smallest absolute Gasteiger partial charge is 0.410 e. The number of nitrogens with zero attached hydrogens (tertiary/aromatic N) is 1. The van der Waals surface area contributed by atoms with Gasteiger partial charge in [0.15, 0.2) is 0 Å². The van der Waals surface area contributed by atoms with Gasteiger partial charge in [0.05, 0.1) is 18.1 Å². The van der Waals surface area contributed by atoms with E-state index in [1.807, 2.05) is 24.3 Å². The van der Waals surface area contributed by atoms with E-state index in [1.165, 1.54) is 4.90 Å². The van der Waals surface area contributed by atoms with E-state index in [-0.39, 0.29) is 18.4 Å². The number of aliphatic hydroxyl groups excluding tert-OH is 1. The molecule has 6 nitrogen and oxygen atoms in total. The summed E-state index contributed by atoms with van der Waals surface area (Å²) in [7, 11) is 0. The number of carbonyl (C=O) groups is 2. The van der Waals surface area contributed by atoms with Crippen molar-refractivity contribution in [2.24, 2.45) is 11.8 Å². The fourth-order valence-corrected chi connectivity index (χ4v) is 5.30. The first-order valence-electron chi connectivity index (χ1n) is 9.58. The van der Waals surface area contributed by atoms with Crippen LogP contribution in [0.4, 0.5) is 4.79 Å². The average Bonchev–Trinajstić information content (AvgIpc) is 3.33. The molecule has 1 heterocycles. The van der Waals surface area contributed by atoms with Gasteiger partial charge in [0.25, 0.3) is 0 Å². The van der Waals surface area contributed by atoms with Gasteiger partial charge in [-0.1, -0.05) is 48.5 Å². The second kappa shape index (κ2) is 6.34. The number of piperidine rings is 1. The highest BCUT2D eigenvalue weighted by Gasteiger charge is 2.57. The molecule has 4 atom stereocenters. The van der Waals surface area contributed by atoms with E-state index in [1.54, 1.807) is 0 Å². The third-order valence-corrected chi connectivity index (χ3v) is 6.46. The lowest BCUT2D eigenvalue weighted by atomic mass is 9.98. The van der Waals surface area contributed by atoms with Crippen LogP contribution in [0.1, 0.15) is 23.5 Å². The molecule has 1 amide bonds. The number of aliphatic carboxylic acids is 1. The van der Waals surface area contributed by atoms with Crippen molar-refractivity contribution in [3.8, 4) is 11.1 Å². The molecule has 1 aliphatic heterocycles. The highest BCUT2D eigenvalue weighted by atomic mass is 16.6. The van der Waals surface area contributed by atoms with Crippen molar-refractivity contribution < 1.29 is 24.5 Å². The van der Waals surface area contributed by atoms with Gasteiger partial charge in [-0.3, -0.25) is 4.79 Å². The maximum atomic E-state index is 12.7. The topological polar surface area (TPSA) is 87.1 Å². The fraction of sp³-hybridized carbons (Fsp3) is 0.364. The van der Waals surface area contributed by atoms with Gasteiger partial charge in [-0.15, -0.1) is 0 Å². The Morgan fingerprint density at radius 1 is 1.04 bits per heavy atom. The molecular formula is C22H21NO5. The van der Waals surface area contributed by atoms with Crippen molar-refractivity contribution in [1.82, 2.24) is 4.90 Å². The molecular weight excluding hydrogens is 358 g/mol. The van der Waals surface area contributed by atoms with Crippen molar-refractivity contribution in [3.05, 3.63) is 59.7 Å². The summed E-state index contributed by atoms with van der Waals surface area (Å²) in [5.74, 6) is -1.93. The van der Waals surface area contributed by atoms with E-state index in [0.717, 1.165) is 22.3 Å². The van der Waals surface area contributed by atoms with E-state index >= 15 is 0 Å². The molecule has 1 saturated heterocycles. The minimum atomic E-state index is -0.958. The van der Waals surface area contributed by atoms with E-state index in [0.29, 0.717) is 13.0 Å². The first-order chi connectivity index (χ1) is 13.6. The normalized spacial score (nSPS) is 27.5. The quantitative estimate of drug-likeness (QED) is 0.856. The zero-order chi connectivity index (χ0) is 19.4. The first kappa shape index (κ1) is 17.3. The lowest BCUT2D eigenvalue weighted by molar-refractivity contribution is -0.143. The lowest BCUT2D eigenvalue weighted by Crippen LogP contribution is -2.47. The maximum absolute atomic E-state index is 12.7. The number of hydrogen-bond acceptors (Lipinski definition) is 4. The van der Waals surface area contributed by atoms with Crippen molar-refractivity contribution in [2.75, 3.05) is 13.2 Å². The molecule has 0 aromatic heterocycles. The van der Waals surface area contributed by atoms with Crippen LogP contribution in [0, 0.1) is 11.8 Å². The second-order valence-corrected chi connectivity index (χ2v) is 7.87. The predicted molar refractivity (Wildman–Crippen MR) is 101 cm³/mol. The number of benzene rings is 2. The number of amides is 1. The van der Waals surface area contributed by atoms with Crippen LogP contribution in [-0.2, 0) is 9.53 Å². The van der Waals surface area contributed by atoms with Gasteiger partial charge < -0.3 is 19.8 Å². The van der Waals surface area contributed by atoms with E-state index in [9.17, 15) is 19.8 Å². The summed E-state index contributed by atoms with van der Waals surface area (Å²) in [5, 5.41) is 19.6. The second-order valence-electron chi connectivity index (χ2n) is 7.87. The zero-order valence-electron chi connectivity index (χ0n) is 15.2. The van der Waals surface area contributed by atoms with Crippen molar-refractivity contribution >= 4 is 12.1 Å². The molecule has 2 bridgehead atoms. The third kappa shape index (κ3) is 2.44. The first-order valence-corrected chi connectivity index (χ1v) is 9.58. The summed E-state index contributed by atoms with van der Waals surface area (Å²) in [5.41, 5.74) is 4.56. The summed E-state index contributed by atoms with van der Waals surface area (Å²) in [6.07, 6.45) is -0.922. The summed E-state index contributed by atoms with van der Waals surface area (Å²) in [6, 6.07) is 15.5. The molecule has 6 heteroatoms. The molecule has 144 valence electrons. The Balaban J connectivity index is 1.35. The summed E-state index contributed by atoms with van der Waals surface area (Å²) < 4.78 is 5.64. The molecule has 2 aromatic carbocycles. The van der Waals surface area contributed by atoms with Crippen molar-refractivity contribution in [1.29, 1.82) is 0 Å². The van der Waals surface area contributed by atoms with Gasteiger partial charge in [-0.2, -0.15) is 0 Å². The molecule has 0 radical (unpaired) electrons. The highest BCUT2D eigenvalue weighted by Crippen LogP contribution is 2.46. The standard InChI is InChI=1S/C22H21NO5/c24-18-9-12-10-23(20(18)19(12)21(25)26)22(27)28-11-17-15-7-3-1-5-13(15)14-6-2-4-8-16(14)17/h1-8,12,17-20,24H,9-11H2,(H,25,26)/t12-,18+,19-,20-/m0/s1. The number of likely N-dealkylation sites (tertiary alicyclic amines) is 1. The molecule has 2 N–H and O–H groups in total. The van der Waals surface area contributed by atoms with Crippen molar-refractivity contribution in [2.45, 2.75) is 24.5 Å². The lowest BCUT2D eigenvalue weighted by Gasteiger charge is -2.30. The molecule has 2 fully saturated rings. The molecule has 0 spiro atoms. The van der Waals surface area contributed by atoms with E-state index < -0.39 is 30.1 Å². The number of carbonyl (C=O) groups excluding carboxylic acids is 1. The van der Waals surface area contributed by atoms with Crippen LogP contribution in [0.15, 0.2) is 48.5 Å². The molecule has 3 aliphatic rings. The Morgan fingerprint density at radius 3 is 2.21 bits per heavy atom. The maximum Gasteiger partial charge on any atom is 0.410 e. The summed E-state index contributed by atoms with van der Waals surface area (Å²) >= 11 is 0. The van der Waals surface area contributed by atoms with E-state index in [2.05, 4.69) is 24.3 Å². The summed E-state index contributed by atoms with van der Waals surface area (Å²) in [6.45, 7) is 0.518. The largest absolute Gasteiger partial charge is 0.481 e. The Morgan fingerprint density at radius 2 is 1.64 bits per heavy atom. The van der Waals surface area contributed by atoms with Crippen LogP contribution in [0.25, 0.3) is 11.1 Å². The minimum Gasteiger partial charge on any atom is -0.481 e. The molecule has 1 saturated carbocycles. The van der Waals surface area contributed by atoms with Gasteiger partial charge in [0.1, 0.15) is 6.61 Å². The number of fused-ring (bicyclic) bond motifs is 5. The molecule has 28 heavy (non-hydrogen) atoms. The Bertz CT molecular complexity index is 912. The van der Waals surface area contributed by atoms with Crippen LogP contribution in [0.3, 0.4) is 0 Å². The average molecular weight is 379 g/mol. The molecule has 0 unspecified atom stereocenters. The number of carboxylic acids is 1. The minimum absolute atomic E-state index is 0.0451. The van der Waals surface area contributed by atoms with Gasteiger partial charge in [0.2, 0.25) is 0 Å². The van der Waals surface area contributed by atoms with Crippen LogP contribution < -0.4 is 0 Å². The predicted octanol–water partition coefficient (Wildman–Crippen LogP) is 2.70. The van der Waals surface area contributed by atoms with Gasteiger partial charge in [0, 0.05) is 12.5 Å². The SMILES string of the molecule is O=C(O)[C@H]1[C@H]2C[C@@H](O)[C@@H]1N(C(=O)OCC1c3ccccc3-c3ccccc31)C2. The molecule has 2 aliphatic carbocycles. The molecule has 2 aromatic rings. The van der Waals surface area contributed by atoms with Gasteiger partial charge >= 0.3 is 12.1 Å². The summed E-state index contributed by atoms with van der Waals surface area (Å²) in [4.78, 5) is 25.7. The van der Waals surface area contributed by atoms with Gasteiger partial charge in [-0.25, -0.2) is 4.79 Å². The third-order valence-electron chi connectivity index (χ3n) is 6.46. The number of aliphatic hydroxyl groups is 1. The number of ether oxygens (including phenoxy) is 1. The number of hydrogen-bond donors (Lipinski definition) is 2. The van der Waals surface area contributed by atoms with Crippen molar-refractivity contribution in [3.63, 3.8) is 0 Å². The van der Waals surface area contributed by atoms with Crippen LogP contribution >= 0.6 is 0 Å². The Hall–Kier alpha value is -2.86. The molecule has 5 rings (SSSR count). The number of carboxylic acid groups (broad SMARTS) is 1. The monoisotopic (exact) mass is 379 g/mol.